The molecule has 0 saturated heterocycles. The normalized spacial score (nSPS) is 7.64. The van der Waals surface area contributed by atoms with E-state index in [1.54, 1.807) is 0 Å². The van der Waals surface area contributed by atoms with Gasteiger partial charge in [0.15, 0.2) is 0 Å². The maximum atomic E-state index is 8.80. The van der Waals surface area contributed by atoms with Gasteiger partial charge in [-0.1, -0.05) is 0 Å². The fourth-order valence-corrected chi connectivity index (χ4v) is 0. The first kappa shape index (κ1) is 22.8. The van der Waals surface area contributed by atoms with Crippen molar-refractivity contribution in [2.45, 2.75) is 0 Å². The number of nitrogens with zero attached hydrogens (tertiary/aromatic N) is 1. The molecule has 0 aliphatic rings. The van der Waals surface area contributed by atoms with E-state index in [4.69, 9.17) is 34.5 Å². The second-order valence-electron chi connectivity index (χ2n) is 0.772. The van der Waals surface area contributed by atoms with E-state index in [2.05, 4.69) is 0 Å². The summed E-state index contributed by atoms with van der Waals surface area (Å²) in [6.07, 6.45) is 0. The minimum Gasteiger partial charge on any atom is -0.828 e. The van der Waals surface area contributed by atoms with E-state index in [0.29, 0.717) is 0 Å². The summed E-state index contributed by atoms with van der Waals surface area (Å²) in [7, 11) is -5.11. The summed E-state index contributed by atoms with van der Waals surface area (Å²) >= 11 is 0. The molecule has 0 aromatic carbocycles. The first-order valence-electron chi connectivity index (χ1n) is 1.40. The van der Waals surface area contributed by atoms with Crippen molar-refractivity contribution >= 4 is 36.3 Å². The van der Waals surface area contributed by atoms with E-state index in [1.165, 1.54) is 0 Å². The van der Waals surface area contributed by atoms with Gasteiger partial charge in [-0.2, -0.15) is 0 Å². The summed E-state index contributed by atoms with van der Waals surface area (Å²) in [5.74, 6) is 0. The van der Waals surface area contributed by atoms with Gasteiger partial charge in [0.25, 0.3) is 0 Å². The molecule has 11 heteroatoms. The molecule has 0 aliphatic heterocycles. The van der Waals surface area contributed by atoms with Crippen molar-refractivity contribution in [3.05, 3.63) is 15.3 Å². The topological polar surface area (TPSA) is 153 Å². The zero-order chi connectivity index (χ0) is 8.08. The Morgan fingerprint density at radius 1 is 1.18 bits per heavy atom. The molecular weight excluding hydrogens is 384 g/mol. The summed E-state index contributed by atoms with van der Waals surface area (Å²) in [6, 6.07) is 0. The van der Waals surface area contributed by atoms with Crippen molar-refractivity contribution in [1.82, 2.24) is 0 Å². The Kier molecular flexibility index (Phi) is 23.1. The molecular formula is H2NNaO7PbSi. The van der Waals surface area contributed by atoms with E-state index in [0.717, 1.165) is 0 Å². The van der Waals surface area contributed by atoms with Gasteiger partial charge >= 0.3 is 56.9 Å². The van der Waals surface area contributed by atoms with Crippen LogP contribution < -0.4 is 39.1 Å². The van der Waals surface area contributed by atoms with Crippen LogP contribution in [0, 0.1) is 15.3 Å². The van der Waals surface area contributed by atoms with Crippen LogP contribution in [0.3, 0.4) is 0 Å². The molecule has 2 N–H and O–H groups in total. The second-order valence-corrected chi connectivity index (χ2v) is 1.87. The van der Waals surface area contributed by atoms with E-state index >= 15 is 0 Å². The average Bonchev–Trinajstić information content (AvgIpc) is 1.19. The largest absolute Gasteiger partial charge is 2.00 e. The van der Waals surface area contributed by atoms with Crippen molar-refractivity contribution in [2.75, 3.05) is 0 Å². The van der Waals surface area contributed by atoms with Gasteiger partial charge in [0.05, 0.1) is 5.09 Å². The van der Waals surface area contributed by atoms with Gasteiger partial charge in [-0.15, -0.1) is 0 Å². The van der Waals surface area contributed by atoms with Crippen LogP contribution in [0.15, 0.2) is 0 Å². The van der Waals surface area contributed by atoms with Crippen LogP contribution in [0.5, 0.6) is 0 Å². The summed E-state index contributed by atoms with van der Waals surface area (Å²) in [4.78, 5) is 40.1. The maximum Gasteiger partial charge on any atom is 2.00 e. The Bertz CT molecular complexity index is 80.9. The third kappa shape index (κ3) is 678. The minimum atomic E-state index is -5.11. The van der Waals surface area contributed by atoms with Gasteiger partial charge in [-0.3, -0.25) is 0 Å². The Morgan fingerprint density at radius 3 is 1.18 bits per heavy atom. The van der Waals surface area contributed by atoms with Crippen LogP contribution in [0.2, 0.25) is 0 Å². The second kappa shape index (κ2) is 11.2. The van der Waals surface area contributed by atoms with Crippen LogP contribution in [-0.2, 0) is 0 Å². The van der Waals surface area contributed by atoms with Crippen LogP contribution in [0.25, 0.3) is 0 Å². The van der Waals surface area contributed by atoms with E-state index < -0.39 is 14.1 Å². The fraction of sp³-hybridized carbons (Fsp3) is 0. The third-order valence-electron chi connectivity index (χ3n) is 0. The van der Waals surface area contributed by atoms with Gasteiger partial charge in [-0.05, 0) is 0 Å². The number of hydrogen-bond donors (Lipinski definition) is 2. The molecule has 11 heavy (non-hydrogen) atoms. The van der Waals surface area contributed by atoms with Gasteiger partial charge in [-0.25, -0.2) is 0 Å². The van der Waals surface area contributed by atoms with Gasteiger partial charge in [0.1, 0.15) is 9.05 Å². The Balaban J connectivity index is -0.0000000383. The minimum absolute atomic E-state index is 0. The third-order valence-corrected chi connectivity index (χ3v) is 0. The Morgan fingerprint density at radius 2 is 1.18 bits per heavy atom. The molecule has 0 aromatic rings. The molecule has 0 amide bonds. The maximum absolute atomic E-state index is 8.80. The molecule has 0 aromatic heterocycles. The average molecular weight is 386 g/mol. The first-order valence-corrected chi connectivity index (χ1v) is 3.11. The zero-order valence-corrected chi connectivity index (χ0v) is 12.3. The van der Waals surface area contributed by atoms with Gasteiger partial charge in [0, 0.05) is 0 Å². The predicted molar refractivity (Wildman–Crippen MR) is 26.3 cm³/mol. The molecule has 0 heterocycles. The summed E-state index contributed by atoms with van der Waals surface area (Å²) in [5, 5.41) is 14.8. The van der Waals surface area contributed by atoms with Crippen molar-refractivity contribution in [3.63, 3.8) is 0 Å². The predicted octanol–water partition coefficient (Wildman–Crippen LogP) is -7.49. The van der Waals surface area contributed by atoms with Crippen LogP contribution >= 0.6 is 0 Å². The monoisotopic (exact) mass is 387 g/mol. The van der Waals surface area contributed by atoms with Crippen molar-refractivity contribution in [1.29, 1.82) is 0 Å². The summed E-state index contributed by atoms with van der Waals surface area (Å²) < 4.78 is 0. The smallest absolute Gasteiger partial charge is 0.828 e. The van der Waals surface area contributed by atoms with Crippen LogP contribution in [0.4, 0.5) is 0 Å². The van der Waals surface area contributed by atoms with Crippen molar-refractivity contribution in [3.8, 4) is 0 Å². The SMILES string of the molecule is O=[N+]([O-])[O-].[Na+].[O-][Si]([O-])(O)O.[Pb+2]. The molecule has 0 saturated carbocycles. The summed E-state index contributed by atoms with van der Waals surface area (Å²) in [5.41, 5.74) is 0. The fourth-order valence-electron chi connectivity index (χ4n) is 0. The van der Waals surface area contributed by atoms with Crippen molar-refractivity contribution in [2.24, 2.45) is 0 Å². The van der Waals surface area contributed by atoms with E-state index in [-0.39, 0.29) is 56.9 Å². The molecule has 0 atom stereocenters. The molecule has 0 rings (SSSR count). The molecule has 2 radical (unpaired) electrons. The Hall–Kier alpha value is 1.18. The van der Waals surface area contributed by atoms with Gasteiger partial charge < -0.3 is 34.5 Å². The van der Waals surface area contributed by atoms with Crippen LogP contribution in [0.1, 0.15) is 0 Å². The van der Waals surface area contributed by atoms with E-state index in [9.17, 15) is 0 Å². The molecule has 0 spiro atoms. The number of hydrogen-bond acceptors (Lipinski definition) is 7. The number of rotatable bonds is 0. The standard InChI is InChI=1S/NO3.Na.H2O4Si.Pb/c2-1(3)4;;1-5(2,3)4;/h;;1-2H;/q-1;+1;-2;+2. The molecule has 0 unspecified atom stereocenters. The zero-order valence-electron chi connectivity index (χ0n) is 5.38. The molecule has 8 nitrogen and oxygen atoms in total. The van der Waals surface area contributed by atoms with E-state index in [1.807, 2.05) is 0 Å². The molecule has 0 bridgehead atoms. The first-order chi connectivity index (χ1) is 3.73. The quantitative estimate of drug-likeness (QED) is 0.238. The molecule has 0 aliphatic carbocycles. The Labute approximate surface area is 105 Å². The summed E-state index contributed by atoms with van der Waals surface area (Å²) in [6.45, 7) is 0. The molecule has 58 valence electrons. The molecule has 0 fully saturated rings. The van der Waals surface area contributed by atoms with Crippen LogP contribution in [-0.4, -0.2) is 51.0 Å². The van der Waals surface area contributed by atoms with Crippen molar-refractivity contribution < 1.29 is 53.8 Å². The van der Waals surface area contributed by atoms with Gasteiger partial charge in [0.2, 0.25) is 0 Å².